The van der Waals surface area contributed by atoms with Crippen LogP contribution in [0.4, 0.5) is 4.79 Å². The van der Waals surface area contributed by atoms with Gasteiger partial charge in [0.15, 0.2) is 6.04 Å². The molecule has 0 aromatic rings. The van der Waals surface area contributed by atoms with E-state index in [2.05, 4.69) is 5.32 Å². The number of carbonyl (C=O) groups excluding carboxylic acids is 2. The molecule has 2 heterocycles. The number of hydrogen-bond donors (Lipinski definition) is 1. The Labute approximate surface area is 146 Å². The third-order valence-electron chi connectivity index (χ3n) is 5.23. The van der Waals surface area contributed by atoms with Gasteiger partial charge in [-0.2, -0.15) is 4.79 Å². The predicted octanol–water partition coefficient (Wildman–Crippen LogP) is 2.13. The first-order chi connectivity index (χ1) is 11.2. The fourth-order valence-electron chi connectivity index (χ4n) is 4.13. The Kier molecular flexibility index (Phi) is 5.91. The maximum atomic E-state index is 13.3. The molecule has 138 valence electrons. The summed E-state index contributed by atoms with van der Waals surface area (Å²) < 4.78 is 6.03. The van der Waals surface area contributed by atoms with Crippen LogP contribution < -0.4 is 5.32 Å². The average Bonchev–Trinajstić information content (AvgIpc) is 2.53. The fraction of sp³-hybridized carbons (Fsp3) is 0.889. The zero-order valence-electron chi connectivity index (χ0n) is 15.9. The van der Waals surface area contributed by atoms with E-state index in [0.717, 1.165) is 45.2 Å². The Hall–Kier alpha value is -1.14. The highest BCUT2D eigenvalue weighted by Gasteiger charge is 2.56. The summed E-state index contributed by atoms with van der Waals surface area (Å²) in [6.07, 6.45) is 4.35. The van der Waals surface area contributed by atoms with Gasteiger partial charge in [-0.15, -0.1) is 0 Å². The van der Waals surface area contributed by atoms with Crippen molar-refractivity contribution < 1.29 is 18.8 Å². The van der Waals surface area contributed by atoms with Gasteiger partial charge in [-0.3, -0.25) is 4.79 Å². The molecule has 2 atom stereocenters. The second kappa shape index (κ2) is 7.40. The minimum absolute atomic E-state index is 0.0547. The van der Waals surface area contributed by atoms with Crippen LogP contribution in [0.2, 0.25) is 0 Å². The Morgan fingerprint density at radius 2 is 1.71 bits per heavy atom. The van der Waals surface area contributed by atoms with Crippen molar-refractivity contribution in [2.24, 2.45) is 0 Å². The Morgan fingerprint density at radius 1 is 1.08 bits per heavy atom. The van der Waals surface area contributed by atoms with Gasteiger partial charge in [0.05, 0.1) is 6.54 Å². The maximum Gasteiger partial charge on any atom is 0.517 e. The van der Waals surface area contributed by atoms with Crippen molar-refractivity contribution >= 4 is 12.0 Å². The lowest BCUT2D eigenvalue weighted by Gasteiger charge is -2.50. The SMILES string of the molecule is CN(C)C(=O)C1CCCC[N+]1(C(=O)OC(C)(C)C)C1CCNCC1. The summed E-state index contributed by atoms with van der Waals surface area (Å²) in [4.78, 5) is 27.9. The molecule has 2 fully saturated rings. The summed E-state index contributed by atoms with van der Waals surface area (Å²) in [5.74, 6) is 0.0547. The van der Waals surface area contributed by atoms with Crippen LogP contribution in [0.25, 0.3) is 0 Å². The first-order valence-electron chi connectivity index (χ1n) is 9.21. The molecular weight excluding hydrogens is 306 g/mol. The summed E-state index contributed by atoms with van der Waals surface area (Å²) in [6.45, 7) is 8.21. The van der Waals surface area contributed by atoms with E-state index in [4.69, 9.17) is 4.74 Å². The van der Waals surface area contributed by atoms with Gasteiger partial charge >= 0.3 is 6.09 Å². The van der Waals surface area contributed by atoms with E-state index in [0.29, 0.717) is 6.54 Å². The van der Waals surface area contributed by atoms with Gasteiger partial charge in [-0.25, -0.2) is 4.48 Å². The first-order valence-corrected chi connectivity index (χ1v) is 9.21. The third kappa shape index (κ3) is 3.91. The highest BCUT2D eigenvalue weighted by atomic mass is 16.6. The number of hydrogen-bond acceptors (Lipinski definition) is 4. The molecule has 2 amide bonds. The van der Waals surface area contributed by atoms with Gasteiger partial charge in [0.1, 0.15) is 11.6 Å². The van der Waals surface area contributed by atoms with E-state index >= 15 is 0 Å². The second-order valence-electron chi connectivity index (χ2n) is 8.36. The molecule has 24 heavy (non-hydrogen) atoms. The van der Waals surface area contributed by atoms with E-state index in [-0.39, 0.29) is 28.6 Å². The number of ether oxygens (including phenoxy) is 1. The van der Waals surface area contributed by atoms with Crippen LogP contribution in [0.3, 0.4) is 0 Å². The summed E-state index contributed by atoms with van der Waals surface area (Å²) in [5, 5.41) is 3.37. The van der Waals surface area contributed by atoms with Gasteiger partial charge in [0, 0.05) is 46.4 Å². The normalized spacial score (nSPS) is 29.1. The molecule has 0 saturated carbocycles. The molecule has 2 aliphatic rings. The van der Waals surface area contributed by atoms with Crippen LogP contribution >= 0.6 is 0 Å². The van der Waals surface area contributed by atoms with Gasteiger partial charge in [-0.1, -0.05) is 0 Å². The molecule has 2 rings (SSSR count). The monoisotopic (exact) mass is 340 g/mol. The topological polar surface area (TPSA) is 58.6 Å². The smallest absolute Gasteiger partial charge is 0.414 e. The van der Waals surface area contributed by atoms with Crippen molar-refractivity contribution in [3.05, 3.63) is 0 Å². The van der Waals surface area contributed by atoms with Gasteiger partial charge in [0.25, 0.3) is 5.91 Å². The van der Waals surface area contributed by atoms with E-state index < -0.39 is 5.60 Å². The molecular formula is C18H34N3O3+. The van der Waals surface area contributed by atoms with Crippen molar-refractivity contribution in [1.29, 1.82) is 0 Å². The Balaban J connectivity index is 2.42. The van der Waals surface area contributed by atoms with Crippen LogP contribution in [-0.4, -0.2) is 72.8 Å². The molecule has 1 N–H and O–H groups in total. The number of rotatable bonds is 2. The number of nitrogens with one attached hydrogen (secondary N) is 1. The number of nitrogens with zero attached hydrogens (tertiary/aromatic N) is 2. The molecule has 2 saturated heterocycles. The lowest BCUT2D eigenvalue weighted by molar-refractivity contribution is -0.904. The van der Waals surface area contributed by atoms with Crippen LogP contribution in [0, 0.1) is 0 Å². The minimum atomic E-state index is -0.543. The summed E-state index contributed by atoms with van der Waals surface area (Å²) in [7, 11) is 3.56. The van der Waals surface area contributed by atoms with E-state index in [1.54, 1.807) is 19.0 Å². The van der Waals surface area contributed by atoms with E-state index in [1.165, 1.54) is 0 Å². The predicted molar refractivity (Wildman–Crippen MR) is 93.6 cm³/mol. The summed E-state index contributed by atoms with van der Waals surface area (Å²) in [5.41, 5.74) is -0.543. The van der Waals surface area contributed by atoms with Gasteiger partial charge < -0.3 is 15.0 Å². The number of likely N-dealkylation sites (tertiary alicyclic amines) is 1. The fourth-order valence-corrected chi connectivity index (χ4v) is 4.13. The van der Waals surface area contributed by atoms with Gasteiger partial charge in [-0.05, 0) is 33.6 Å². The number of carbonyl (C=O) groups is 2. The molecule has 0 bridgehead atoms. The van der Waals surface area contributed by atoms with Crippen molar-refractivity contribution in [1.82, 2.24) is 10.2 Å². The Morgan fingerprint density at radius 3 is 2.25 bits per heavy atom. The molecule has 2 unspecified atom stereocenters. The highest BCUT2D eigenvalue weighted by Crippen LogP contribution is 2.36. The lowest BCUT2D eigenvalue weighted by Crippen LogP contribution is -2.71. The first kappa shape index (κ1) is 19.2. The third-order valence-corrected chi connectivity index (χ3v) is 5.23. The molecule has 6 nitrogen and oxygen atoms in total. The second-order valence-corrected chi connectivity index (χ2v) is 8.36. The number of amides is 2. The van der Waals surface area contributed by atoms with Crippen molar-refractivity contribution in [2.75, 3.05) is 33.7 Å². The standard InChI is InChI=1S/C18H34N3O3/c1-18(2,3)24-17(23)21(14-9-11-19-12-10-14)13-7-6-8-15(21)16(22)20(4)5/h14-15,19H,6-13H2,1-5H3/q+1. The minimum Gasteiger partial charge on any atom is -0.414 e. The van der Waals surface area contributed by atoms with Gasteiger partial charge in [0.2, 0.25) is 0 Å². The number of likely N-dealkylation sites (N-methyl/N-ethyl adjacent to an activating group) is 1. The average molecular weight is 340 g/mol. The summed E-state index contributed by atoms with van der Waals surface area (Å²) >= 11 is 0. The summed E-state index contributed by atoms with van der Waals surface area (Å²) in [6, 6.07) is -0.151. The van der Waals surface area contributed by atoms with Crippen molar-refractivity contribution in [2.45, 2.75) is 70.6 Å². The number of quaternary nitrogens is 1. The van der Waals surface area contributed by atoms with Crippen LogP contribution in [0.5, 0.6) is 0 Å². The maximum absolute atomic E-state index is 13.3. The van der Waals surface area contributed by atoms with Crippen molar-refractivity contribution in [3.8, 4) is 0 Å². The van der Waals surface area contributed by atoms with Crippen molar-refractivity contribution in [3.63, 3.8) is 0 Å². The van der Waals surface area contributed by atoms with E-state index in [1.807, 2.05) is 20.8 Å². The van der Waals surface area contributed by atoms with E-state index in [9.17, 15) is 9.59 Å². The zero-order valence-corrected chi connectivity index (χ0v) is 15.9. The van der Waals surface area contributed by atoms with Crippen LogP contribution in [-0.2, 0) is 9.53 Å². The molecule has 0 spiro atoms. The zero-order chi connectivity index (χ0) is 18.0. The highest BCUT2D eigenvalue weighted by molar-refractivity contribution is 5.82. The number of piperidine rings is 2. The molecule has 2 aliphatic heterocycles. The van der Waals surface area contributed by atoms with Crippen LogP contribution in [0.1, 0.15) is 52.9 Å². The molecule has 0 aliphatic carbocycles. The van der Waals surface area contributed by atoms with Crippen LogP contribution in [0.15, 0.2) is 0 Å². The quantitative estimate of drug-likeness (QED) is 0.783. The molecule has 0 aromatic heterocycles. The largest absolute Gasteiger partial charge is 0.517 e. The lowest BCUT2D eigenvalue weighted by atomic mass is 9.90. The Bertz CT molecular complexity index is 467. The molecule has 6 heteroatoms. The molecule has 0 aromatic carbocycles. The molecule has 0 radical (unpaired) electrons.